The van der Waals surface area contributed by atoms with Crippen molar-refractivity contribution >= 4 is 46.2 Å². The van der Waals surface area contributed by atoms with Gasteiger partial charge in [0.2, 0.25) is 0 Å². The standard InChI is InChI=1S/C19H22Cl2N2S/c1-4-12(2)14-5-7-15(8-6-14)13(3)22-19(24)23-18-10-9-16(20)11-17(18)21/h5-13H,4H2,1-3H3,(H2,22,23,24)/t12-,13-/m1/s1. The lowest BCUT2D eigenvalue weighted by atomic mass is 9.96. The van der Waals surface area contributed by atoms with E-state index in [0.717, 1.165) is 12.1 Å². The Morgan fingerprint density at radius 3 is 2.25 bits per heavy atom. The van der Waals surface area contributed by atoms with Gasteiger partial charge in [-0.15, -0.1) is 0 Å². The molecule has 2 aromatic rings. The largest absolute Gasteiger partial charge is 0.356 e. The van der Waals surface area contributed by atoms with E-state index >= 15 is 0 Å². The van der Waals surface area contributed by atoms with Crippen LogP contribution in [0.2, 0.25) is 10.0 Å². The van der Waals surface area contributed by atoms with Crippen LogP contribution < -0.4 is 10.6 Å². The van der Waals surface area contributed by atoms with Crippen LogP contribution in [0, 0.1) is 0 Å². The van der Waals surface area contributed by atoms with E-state index in [-0.39, 0.29) is 6.04 Å². The van der Waals surface area contributed by atoms with E-state index in [2.05, 4.69) is 55.7 Å². The van der Waals surface area contributed by atoms with E-state index in [0.29, 0.717) is 21.1 Å². The average molecular weight is 381 g/mol. The molecule has 0 aliphatic carbocycles. The molecule has 128 valence electrons. The molecule has 0 saturated carbocycles. The molecule has 0 heterocycles. The average Bonchev–Trinajstić information content (AvgIpc) is 2.56. The number of rotatable bonds is 5. The lowest BCUT2D eigenvalue weighted by Crippen LogP contribution is -2.31. The molecule has 2 aromatic carbocycles. The quantitative estimate of drug-likeness (QED) is 0.574. The van der Waals surface area contributed by atoms with Crippen molar-refractivity contribution in [1.29, 1.82) is 0 Å². The minimum absolute atomic E-state index is 0.0991. The molecule has 0 saturated heterocycles. The summed E-state index contributed by atoms with van der Waals surface area (Å²) in [5, 5.41) is 8.05. The van der Waals surface area contributed by atoms with Gasteiger partial charge in [0.15, 0.2) is 5.11 Å². The van der Waals surface area contributed by atoms with Crippen LogP contribution in [0.25, 0.3) is 0 Å². The molecule has 0 fully saturated rings. The van der Waals surface area contributed by atoms with Crippen molar-refractivity contribution in [1.82, 2.24) is 5.32 Å². The summed E-state index contributed by atoms with van der Waals surface area (Å²) in [4.78, 5) is 0. The first kappa shape index (κ1) is 19.0. The first-order valence-electron chi connectivity index (χ1n) is 8.03. The molecule has 0 aliphatic heterocycles. The van der Waals surface area contributed by atoms with Crippen LogP contribution in [0.15, 0.2) is 42.5 Å². The molecular formula is C19H22Cl2N2S. The first-order valence-corrected chi connectivity index (χ1v) is 9.19. The summed E-state index contributed by atoms with van der Waals surface area (Å²) in [7, 11) is 0. The Morgan fingerprint density at radius 1 is 1.04 bits per heavy atom. The van der Waals surface area contributed by atoms with Gasteiger partial charge in [0, 0.05) is 5.02 Å². The highest BCUT2D eigenvalue weighted by atomic mass is 35.5. The van der Waals surface area contributed by atoms with Gasteiger partial charge in [-0.2, -0.15) is 0 Å². The molecular weight excluding hydrogens is 359 g/mol. The van der Waals surface area contributed by atoms with E-state index in [1.54, 1.807) is 12.1 Å². The number of thiocarbonyl (C=S) groups is 1. The number of hydrogen-bond acceptors (Lipinski definition) is 1. The summed E-state index contributed by atoms with van der Waals surface area (Å²) >= 11 is 17.4. The van der Waals surface area contributed by atoms with Gasteiger partial charge in [0.25, 0.3) is 0 Å². The fraction of sp³-hybridized carbons (Fsp3) is 0.316. The van der Waals surface area contributed by atoms with E-state index in [4.69, 9.17) is 35.4 Å². The zero-order chi connectivity index (χ0) is 17.7. The Balaban J connectivity index is 1.98. The van der Waals surface area contributed by atoms with E-state index in [1.807, 2.05) is 6.07 Å². The second-order valence-electron chi connectivity index (χ2n) is 5.92. The Bertz CT molecular complexity index is 701. The molecule has 2 atom stereocenters. The molecule has 0 radical (unpaired) electrons. The van der Waals surface area contributed by atoms with Gasteiger partial charge in [-0.1, -0.05) is 61.3 Å². The maximum Gasteiger partial charge on any atom is 0.171 e. The molecule has 2 rings (SSSR count). The molecule has 0 aliphatic rings. The van der Waals surface area contributed by atoms with Gasteiger partial charge >= 0.3 is 0 Å². The summed E-state index contributed by atoms with van der Waals surface area (Å²) in [6, 6.07) is 14.0. The summed E-state index contributed by atoms with van der Waals surface area (Å²) in [5.41, 5.74) is 3.29. The smallest absolute Gasteiger partial charge is 0.171 e. The fourth-order valence-electron chi connectivity index (χ4n) is 2.38. The molecule has 0 bridgehead atoms. The maximum absolute atomic E-state index is 6.15. The lowest BCUT2D eigenvalue weighted by molar-refractivity contribution is 0.713. The number of halogens is 2. The third kappa shape index (κ3) is 5.10. The van der Waals surface area contributed by atoms with Crippen molar-refractivity contribution in [3.8, 4) is 0 Å². The van der Waals surface area contributed by atoms with Crippen molar-refractivity contribution in [3.05, 3.63) is 63.6 Å². The van der Waals surface area contributed by atoms with Crippen molar-refractivity contribution < 1.29 is 0 Å². The minimum Gasteiger partial charge on any atom is -0.356 e. The van der Waals surface area contributed by atoms with Crippen LogP contribution in [0.1, 0.15) is 50.3 Å². The van der Waals surface area contributed by atoms with Crippen molar-refractivity contribution in [3.63, 3.8) is 0 Å². The topological polar surface area (TPSA) is 24.1 Å². The van der Waals surface area contributed by atoms with E-state index < -0.39 is 0 Å². The minimum atomic E-state index is 0.0991. The molecule has 5 heteroatoms. The number of anilines is 1. The molecule has 0 unspecified atom stereocenters. The van der Waals surface area contributed by atoms with Gasteiger partial charge in [-0.3, -0.25) is 0 Å². The van der Waals surface area contributed by atoms with Crippen LogP contribution in [-0.4, -0.2) is 5.11 Å². The number of benzene rings is 2. The second-order valence-corrected chi connectivity index (χ2v) is 7.17. The normalized spacial score (nSPS) is 13.2. The monoisotopic (exact) mass is 380 g/mol. The van der Waals surface area contributed by atoms with E-state index in [1.165, 1.54) is 11.1 Å². The molecule has 2 N–H and O–H groups in total. The summed E-state index contributed by atoms with van der Waals surface area (Å²) in [6.45, 7) is 6.52. The maximum atomic E-state index is 6.15. The van der Waals surface area contributed by atoms with Crippen LogP contribution in [0.5, 0.6) is 0 Å². The van der Waals surface area contributed by atoms with Gasteiger partial charge in [-0.05, 0) is 60.8 Å². The molecule has 2 nitrogen and oxygen atoms in total. The molecule has 24 heavy (non-hydrogen) atoms. The highest BCUT2D eigenvalue weighted by Crippen LogP contribution is 2.26. The van der Waals surface area contributed by atoms with Gasteiger partial charge in [-0.25, -0.2) is 0 Å². The molecule has 0 spiro atoms. The third-order valence-electron chi connectivity index (χ3n) is 4.14. The second kappa shape index (κ2) is 8.70. The summed E-state index contributed by atoms with van der Waals surface area (Å²) in [5.74, 6) is 0.581. The van der Waals surface area contributed by atoms with Crippen LogP contribution in [-0.2, 0) is 0 Å². The Hall–Kier alpha value is -1.29. The number of hydrogen-bond donors (Lipinski definition) is 2. The Labute approximate surface area is 159 Å². The van der Waals surface area contributed by atoms with Crippen molar-refractivity contribution in [2.45, 2.75) is 39.2 Å². The summed E-state index contributed by atoms with van der Waals surface area (Å²) in [6.07, 6.45) is 1.14. The van der Waals surface area contributed by atoms with Crippen LogP contribution >= 0.6 is 35.4 Å². The predicted octanol–water partition coefficient (Wildman–Crippen LogP) is 6.55. The zero-order valence-electron chi connectivity index (χ0n) is 14.1. The van der Waals surface area contributed by atoms with Crippen LogP contribution in [0.3, 0.4) is 0 Å². The summed E-state index contributed by atoms with van der Waals surface area (Å²) < 4.78 is 0. The van der Waals surface area contributed by atoms with Crippen molar-refractivity contribution in [2.75, 3.05) is 5.32 Å². The predicted molar refractivity (Wildman–Crippen MR) is 109 cm³/mol. The van der Waals surface area contributed by atoms with E-state index in [9.17, 15) is 0 Å². The van der Waals surface area contributed by atoms with Gasteiger partial charge in [0.05, 0.1) is 16.8 Å². The highest BCUT2D eigenvalue weighted by molar-refractivity contribution is 7.80. The SMILES string of the molecule is CC[C@@H](C)c1ccc([C@@H](C)NC(=S)Nc2ccc(Cl)cc2Cl)cc1. The van der Waals surface area contributed by atoms with Gasteiger partial charge < -0.3 is 10.6 Å². The molecule has 0 amide bonds. The number of nitrogens with one attached hydrogen (secondary N) is 2. The van der Waals surface area contributed by atoms with Crippen LogP contribution in [0.4, 0.5) is 5.69 Å². The van der Waals surface area contributed by atoms with Crippen molar-refractivity contribution in [2.24, 2.45) is 0 Å². The highest BCUT2D eigenvalue weighted by Gasteiger charge is 2.10. The first-order chi connectivity index (χ1) is 11.4. The zero-order valence-corrected chi connectivity index (χ0v) is 16.4. The van der Waals surface area contributed by atoms with Gasteiger partial charge in [0.1, 0.15) is 0 Å². The fourth-order valence-corrected chi connectivity index (χ4v) is 3.12. The molecule has 0 aromatic heterocycles. The Kier molecular flexibility index (Phi) is 6.90. The lowest BCUT2D eigenvalue weighted by Gasteiger charge is -2.19. The Morgan fingerprint density at radius 2 is 1.67 bits per heavy atom. The third-order valence-corrected chi connectivity index (χ3v) is 4.91.